The average Bonchev–Trinajstić information content (AvgIpc) is 2.97. The van der Waals surface area contributed by atoms with Crippen molar-refractivity contribution >= 4 is 22.8 Å². The van der Waals surface area contributed by atoms with E-state index in [0.29, 0.717) is 24.4 Å². The molecule has 1 aliphatic rings. The molecule has 0 saturated carbocycles. The number of para-hydroxylation sites is 1. The van der Waals surface area contributed by atoms with Gasteiger partial charge in [-0.2, -0.15) is 0 Å². The Labute approximate surface area is 135 Å². The number of hydrogen-bond acceptors (Lipinski definition) is 4. The van der Waals surface area contributed by atoms with Gasteiger partial charge in [-0.1, -0.05) is 17.3 Å². The molecule has 23 heavy (non-hydrogen) atoms. The second-order valence-electron chi connectivity index (χ2n) is 6.21. The number of benzene rings is 1. The number of hydrogen-bond donors (Lipinski definition) is 0. The Morgan fingerprint density at radius 3 is 2.91 bits per heavy atom. The van der Waals surface area contributed by atoms with Gasteiger partial charge >= 0.3 is 0 Å². The van der Waals surface area contributed by atoms with Gasteiger partial charge in [0.1, 0.15) is 5.69 Å². The van der Waals surface area contributed by atoms with Crippen LogP contribution < -0.4 is 0 Å². The van der Waals surface area contributed by atoms with Crippen LogP contribution >= 0.6 is 0 Å². The Morgan fingerprint density at radius 1 is 1.35 bits per heavy atom. The number of likely N-dealkylation sites (tertiary alicyclic amines) is 1. The summed E-state index contributed by atoms with van der Waals surface area (Å²) in [7, 11) is 3.51. The molecule has 2 aromatic rings. The van der Waals surface area contributed by atoms with Gasteiger partial charge in [-0.3, -0.25) is 9.59 Å². The molecule has 1 aromatic heterocycles. The van der Waals surface area contributed by atoms with E-state index in [1.54, 1.807) is 23.9 Å². The first kappa shape index (κ1) is 15.5. The first-order valence-electron chi connectivity index (χ1n) is 7.88. The van der Waals surface area contributed by atoms with Crippen LogP contribution in [0.4, 0.5) is 0 Å². The van der Waals surface area contributed by atoms with Crippen molar-refractivity contribution in [2.24, 2.45) is 5.92 Å². The molecule has 1 atom stereocenters. The number of fused-ring (bicyclic) bond motifs is 1. The van der Waals surface area contributed by atoms with Crippen molar-refractivity contribution < 1.29 is 14.1 Å². The van der Waals surface area contributed by atoms with Crippen LogP contribution in [0.15, 0.2) is 28.8 Å². The lowest BCUT2D eigenvalue weighted by molar-refractivity contribution is -0.138. The molecule has 1 fully saturated rings. The summed E-state index contributed by atoms with van der Waals surface area (Å²) in [5.41, 5.74) is 1.35. The topological polar surface area (TPSA) is 66.7 Å². The third-order valence-corrected chi connectivity index (χ3v) is 4.33. The summed E-state index contributed by atoms with van der Waals surface area (Å²) in [6.45, 7) is 1.19. The number of rotatable bonds is 3. The molecule has 0 aliphatic carbocycles. The second kappa shape index (κ2) is 6.40. The number of piperidine rings is 1. The van der Waals surface area contributed by atoms with Gasteiger partial charge in [-0.05, 0) is 25.0 Å². The second-order valence-corrected chi connectivity index (χ2v) is 6.21. The van der Waals surface area contributed by atoms with E-state index in [4.69, 9.17) is 4.52 Å². The molecule has 0 N–H and O–H groups in total. The molecule has 2 amide bonds. The maximum atomic E-state index is 12.6. The molecule has 0 radical (unpaired) electrons. The zero-order valence-electron chi connectivity index (χ0n) is 13.5. The van der Waals surface area contributed by atoms with Crippen LogP contribution in [0.2, 0.25) is 0 Å². The monoisotopic (exact) mass is 315 g/mol. The predicted octanol–water partition coefficient (Wildman–Crippen LogP) is 1.70. The highest BCUT2D eigenvalue weighted by Gasteiger charge is 2.29. The summed E-state index contributed by atoms with van der Waals surface area (Å²) >= 11 is 0. The van der Waals surface area contributed by atoms with E-state index in [1.165, 1.54) is 0 Å². The molecule has 0 spiro atoms. The van der Waals surface area contributed by atoms with Gasteiger partial charge in [0, 0.05) is 32.6 Å². The lowest BCUT2D eigenvalue weighted by Gasteiger charge is -2.33. The standard InChI is InChI=1S/C17H21N3O3/c1-19(2)17(22)12-6-5-9-20(11-12)16(21)10-14-13-7-3-4-8-15(13)23-18-14/h3-4,7-8,12H,5-6,9-11H2,1-2H3/t12-/m0/s1. The van der Waals surface area contributed by atoms with Gasteiger partial charge in [0.05, 0.1) is 12.3 Å². The highest BCUT2D eigenvalue weighted by atomic mass is 16.5. The smallest absolute Gasteiger partial charge is 0.228 e. The van der Waals surface area contributed by atoms with Gasteiger partial charge in [0.15, 0.2) is 5.58 Å². The van der Waals surface area contributed by atoms with Crippen molar-refractivity contribution in [3.8, 4) is 0 Å². The number of amides is 2. The Balaban J connectivity index is 1.69. The molecule has 1 aromatic carbocycles. The normalized spacial score (nSPS) is 18.2. The van der Waals surface area contributed by atoms with E-state index < -0.39 is 0 Å². The largest absolute Gasteiger partial charge is 0.356 e. The molecule has 0 unspecified atom stereocenters. The molecular formula is C17H21N3O3. The third-order valence-electron chi connectivity index (χ3n) is 4.33. The summed E-state index contributed by atoms with van der Waals surface area (Å²) in [5, 5.41) is 4.89. The summed E-state index contributed by atoms with van der Waals surface area (Å²) in [6.07, 6.45) is 1.91. The molecular weight excluding hydrogens is 294 g/mol. The number of carbonyl (C=O) groups is 2. The number of nitrogens with zero attached hydrogens (tertiary/aromatic N) is 3. The molecule has 2 heterocycles. The maximum absolute atomic E-state index is 12.6. The molecule has 6 nitrogen and oxygen atoms in total. The first-order valence-corrected chi connectivity index (χ1v) is 7.88. The van der Waals surface area contributed by atoms with Crippen molar-refractivity contribution in [3.63, 3.8) is 0 Å². The summed E-state index contributed by atoms with van der Waals surface area (Å²) < 4.78 is 5.25. The van der Waals surface area contributed by atoms with Crippen molar-refractivity contribution in [3.05, 3.63) is 30.0 Å². The van der Waals surface area contributed by atoms with Gasteiger partial charge in [0.25, 0.3) is 0 Å². The Bertz CT molecular complexity index is 723. The number of carbonyl (C=O) groups excluding carboxylic acids is 2. The molecule has 1 aliphatic heterocycles. The lowest BCUT2D eigenvalue weighted by Crippen LogP contribution is -2.45. The van der Waals surface area contributed by atoms with Gasteiger partial charge in [0.2, 0.25) is 11.8 Å². The van der Waals surface area contributed by atoms with Gasteiger partial charge in [-0.15, -0.1) is 0 Å². The minimum absolute atomic E-state index is 0.000286. The minimum atomic E-state index is -0.100. The average molecular weight is 315 g/mol. The molecule has 1 saturated heterocycles. The predicted molar refractivity (Wildman–Crippen MR) is 85.7 cm³/mol. The zero-order chi connectivity index (χ0) is 16.4. The van der Waals surface area contributed by atoms with Gasteiger partial charge < -0.3 is 14.3 Å². The highest BCUT2D eigenvalue weighted by molar-refractivity contribution is 5.87. The maximum Gasteiger partial charge on any atom is 0.228 e. The summed E-state index contributed by atoms with van der Waals surface area (Å²) in [6, 6.07) is 7.52. The summed E-state index contributed by atoms with van der Waals surface area (Å²) in [4.78, 5) is 28.1. The SMILES string of the molecule is CN(C)C(=O)[C@H]1CCCN(C(=O)Cc2noc3ccccc23)C1. The van der Waals surface area contributed by atoms with E-state index in [2.05, 4.69) is 5.16 Å². The van der Waals surface area contributed by atoms with Crippen molar-refractivity contribution in [1.29, 1.82) is 0 Å². The van der Waals surface area contributed by atoms with Crippen molar-refractivity contribution in [2.75, 3.05) is 27.2 Å². The van der Waals surface area contributed by atoms with Crippen LogP contribution in [-0.4, -0.2) is 54.0 Å². The van der Waals surface area contributed by atoms with Crippen molar-refractivity contribution in [2.45, 2.75) is 19.3 Å². The fourth-order valence-electron chi connectivity index (χ4n) is 3.09. The van der Waals surface area contributed by atoms with E-state index >= 15 is 0 Å². The Morgan fingerprint density at radius 2 is 2.13 bits per heavy atom. The number of aromatic nitrogens is 1. The first-order chi connectivity index (χ1) is 11.1. The Hall–Kier alpha value is -2.37. The zero-order valence-corrected chi connectivity index (χ0v) is 13.5. The van der Waals surface area contributed by atoms with Crippen LogP contribution in [0.25, 0.3) is 11.0 Å². The van der Waals surface area contributed by atoms with E-state index in [-0.39, 0.29) is 24.2 Å². The lowest BCUT2D eigenvalue weighted by atomic mass is 9.96. The van der Waals surface area contributed by atoms with Crippen LogP contribution in [0.1, 0.15) is 18.5 Å². The molecule has 0 bridgehead atoms. The fourth-order valence-corrected chi connectivity index (χ4v) is 3.09. The minimum Gasteiger partial charge on any atom is -0.356 e. The van der Waals surface area contributed by atoms with E-state index in [1.807, 2.05) is 24.3 Å². The Kier molecular flexibility index (Phi) is 4.32. The molecule has 122 valence electrons. The highest BCUT2D eigenvalue weighted by Crippen LogP contribution is 2.21. The molecule has 6 heteroatoms. The van der Waals surface area contributed by atoms with Gasteiger partial charge in [-0.25, -0.2) is 0 Å². The van der Waals surface area contributed by atoms with E-state index in [0.717, 1.165) is 18.2 Å². The van der Waals surface area contributed by atoms with Crippen molar-refractivity contribution in [1.82, 2.24) is 15.0 Å². The molecule has 3 rings (SSSR count). The van der Waals surface area contributed by atoms with Crippen LogP contribution in [0, 0.1) is 5.92 Å². The van der Waals surface area contributed by atoms with Crippen LogP contribution in [-0.2, 0) is 16.0 Å². The third kappa shape index (κ3) is 3.21. The quantitative estimate of drug-likeness (QED) is 0.864. The summed E-state index contributed by atoms with van der Waals surface area (Å²) in [5.74, 6) is -0.00792. The fraction of sp³-hybridized carbons (Fsp3) is 0.471. The van der Waals surface area contributed by atoms with Crippen LogP contribution in [0.3, 0.4) is 0 Å². The van der Waals surface area contributed by atoms with Crippen LogP contribution in [0.5, 0.6) is 0 Å². The van der Waals surface area contributed by atoms with E-state index in [9.17, 15) is 9.59 Å².